The highest BCUT2D eigenvalue weighted by Gasteiger charge is 2.30. The lowest BCUT2D eigenvalue weighted by atomic mass is 9.95. The van der Waals surface area contributed by atoms with E-state index in [0.29, 0.717) is 0 Å². The van der Waals surface area contributed by atoms with E-state index in [4.69, 9.17) is 5.41 Å². The third-order valence-electron chi connectivity index (χ3n) is 2.45. The van der Waals surface area contributed by atoms with E-state index in [9.17, 15) is 13.2 Å². The molecule has 0 saturated heterocycles. The molecule has 0 aliphatic heterocycles. The van der Waals surface area contributed by atoms with Crippen LogP contribution in [0.3, 0.4) is 0 Å². The van der Waals surface area contributed by atoms with Crippen LogP contribution in [0, 0.1) is 5.41 Å². The molecular weight excluding hydrogens is 242 g/mol. The first-order chi connectivity index (χ1) is 7.97. The number of carbonyl (C=O) groups excluding carboxylic acids is 1. The van der Waals surface area contributed by atoms with E-state index in [1.807, 2.05) is 0 Å². The van der Waals surface area contributed by atoms with Crippen LogP contribution in [-0.4, -0.2) is 27.0 Å². The molecule has 1 aliphatic carbocycles. The molecule has 0 unspecified atom stereocenters. The van der Waals surface area contributed by atoms with Crippen molar-refractivity contribution < 1.29 is 17.4 Å². The lowest BCUT2D eigenvalue weighted by Gasteiger charge is -2.16. The highest BCUT2D eigenvalue weighted by molar-refractivity contribution is 7.96. The summed E-state index contributed by atoms with van der Waals surface area (Å²) in [6, 6.07) is 6.25. The van der Waals surface area contributed by atoms with Crippen LogP contribution in [0.4, 0.5) is 0 Å². The van der Waals surface area contributed by atoms with Gasteiger partial charge in [-0.2, -0.15) is 8.42 Å². The van der Waals surface area contributed by atoms with Crippen molar-refractivity contribution in [2.75, 3.05) is 7.11 Å². The molecular formula is C11H9NO4S. The SMILES string of the molecule is COS(=O)(=O)C1=CC(=N)C(=O)c2ccccc21. The Balaban J connectivity index is 2.75. The fraction of sp³-hybridized carbons (Fsp3) is 0.0909. The zero-order valence-electron chi connectivity index (χ0n) is 8.93. The molecule has 1 aliphatic rings. The van der Waals surface area contributed by atoms with Gasteiger partial charge in [0.25, 0.3) is 10.1 Å². The Labute approximate surface area is 98.4 Å². The Morgan fingerprint density at radius 1 is 1.18 bits per heavy atom. The van der Waals surface area contributed by atoms with Gasteiger partial charge in [0.15, 0.2) is 0 Å². The van der Waals surface area contributed by atoms with Gasteiger partial charge in [-0.25, -0.2) is 0 Å². The number of benzene rings is 1. The molecule has 0 saturated carbocycles. The molecule has 6 heteroatoms. The highest BCUT2D eigenvalue weighted by atomic mass is 32.2. The Morgan fingerprint density at radius 3 is 2.35 bits per heavy atom. The van der Waals surface area contributed by atoms with Gasteiger partial charge in [-0.1, -0.05) is 24.3 Å². The summed E-state index contributed by atoms with van der Waals surface area (Å²) in [4.78, 5) is 11.5. The first kappa shape index (κ1) is 11.7. The van der Waals surface area contributed by atoms with E-state index in [1.54, 1.807) is 12.1 Å². The summed E-state index contributed by atoms with van der Waals surface area (Å²) in [7, 11) is -2.88. The predicted molar refractivity (Wildman–Crippen MR) is 62.4 cm³/mol. The molecule has 0 aromatic heterocycles. The van der Waals surface area contributed by atoms with Crippen molar-refractivity contribution in [3.05, 3.63) is 41.5 Å². The van der Waals surface area contributed by atoms with Crippen LogP contribution in [0.15, 0.2) is 30.3 Å². The van der Waals surface area contributed by atoms with Crippen molar-refractivity contribution in [2.45, 2.75) is 0 Å². The highest BCUT2D eigenvalue weighted by Crippen LogP contribution is 2.29. The van der Waals surface area contributed by atoms with Crippen LogP contribution in [0.25, 0.3) is 4.91 Å². The zero-order valence-corrected chi connectivity index (χ0v) is 9.74. The van der Waals surface area contributed by atoms with Gasteiger partial charge in [0.2, 0.25) is 5.78 Å². The minimum Gasteiger partial charge on any atom is -0.297 e. The number of carbonyl (C=O) groups is 1. The Morgan fingerprint density at radius 2 is 1.76 bits per heavy atom. The van der Waals surface area contributed by atoms with Crippen LogP contribution < -0.4 is 0 Å². The summed E-state index contributed by atoms with van der Waals surface area (Å²) in [6.07, 6.45) is 1.02. The van der Waals surface area contributed by atoms with Crippen molar-refractivity contribution in [3.8, 4) is 0 Å². The number of nitrogens with one attached hydrogen (secondary N) is 1. The number of Topliss-reactive ketones (excluding diaryl/α,β-unsaturated/α-hetero) is 1. The van der Waals surface area contributed by atoms with E-state index in [2.05, 4.69) is 4.18 Å². The summed E-state index contributed by atoms with van der Waals surface area (Å²) in [5.74, 6) is -0.490. The van der Waals surface area contributed by atoms with E-state index in [0.717, 1.165) is 13.2 Å². The molecule has 0 heterocycles. The standard InChI is InChI=1S/C11H9NO4S/c1-16-17(14,15)10-6-9(12)11(13)8-5-3-2-4-7(8)10/h2-6,12H,1H3. The van der Waals surface area contributed by atoms with Gasteiger partial charge in [0.1, 0.15) is 10.6 Å². The molecule has 0 amide bonds. The first-order valence-corrected chi connectivity index (χ1v) is 6.13. The second-order valence-electron chi connectivity index (χ2n) is 3.42. The van der Waals surface area contributed by atoms with Crippen molar-refractivity contribution >= 4 is 26.5 Å². The first-order valence-electron chi connectivity index (χ1n) is 4.72. The summed E-state index contributed by atoms with van der Waals surface area (Å²) in [5, 5.41) is 7.47. The van der Waals surface area contributed by atoms with Crippen LogP contribution in [0.2, 0.25) is 0 Å². The normalized spacial score (nSPS) is 15.5. The molecule has 0 radical (unpaired) electrons. The van der Waals surface area contributed by atoms with Gasteiger partial charge in [-0.3, -0.25) is 14.4 Å². The number of hydrogen-bond donors (Lipinski definition) is 1. The van der Waals surface area contributed by atoms with Crippen LogP contribution in [-0.2, 0) is 14.3 Å². The molecule has 1 N–H and O–H groups in total. The molecule has 1 aromatic carbocycles. The molecule has 0 bridgehead atoms. The lowest BCUT2D eigenvalue weighted by molar-refractivity contribution is 0.106. The molecule has 88 valence electrons. The van der Waals surface area contributed by atoms with Gasteiger partial charge < -0.3 is 0 Å². The number of hydrogen-bond acceptors (Lipinski definition) is 5. The Bertz CT molecular complexity index is 643. The molecule has 0 spiro atoms. The second-order valence-corrected chi connectivity index (χ2v) is 5.10. The third-order valence-corrected chi connectivity index (χ3v) is 3.76. The van der Waals surface area contributed by atoms with Crippen LogP contribution in [0.5, 0.6) is 0 Å². The Hall–Kier alpha value is -1.79. The van der Waals surface area contributed by atoms with Crippen molar-refractivity contribution in [2.24, 2.45) is 0 Å². The average molecular weight is 251 g/mol. The van der Waals surface area contributed by atoms with Gasteiger partial charge >= 0.3 is 0 Å². The molecule has 1 aromatic rings. The number of fused-ring (bicyclic) bond motifs is 1. The predicted octanol–water partition coefficient (Wildman–Crippen LogP) is 1.22. The van der Waals surface area contributed by atoms with E-state index < -0.39 is 15.9 Å². The summed E-state index contributed by atoms with van der Waals surface area (Å²) >= 11 is 0. The number of rotatable bonds is 2. The monoisotopic (exact) mass is 251 g/mol. The summed E-state index contributed by atoms with van der Waals surface area (Å²) in [5.41, 5.74) is 0.116. The fourth-order valence-corrected chi connectivity index (χ4v) is 2.50. The average Bonchev–Trinajstić information content (AvgIpc) is 2.33. The quantitative estimate of drug-likeness (QED) is 0.801. The molecule has 5 nitrogen and oxygen atoms in total. The van der Waals surface area contributed by atoms with E-state index >= 15 is 0 Å². The van der Waals surface area contributed by atoms with E-state index in [1.165, 1.54) is 12.1 Å². The summed E-state index contributed by atoms with van der Waals surface area (Å²) in [6.45, 7) is 0. The lowest BCUT2D eigenvalue weighted by Crippen LogP contribution is -2.21. The van der Waals surface area contributed by atoms with Crippen LogP contribution >= 0.6 is 0 Å². The fourth-order valence-electron chi connectivity index (χ4n) is 1.61. The van der Waals surface area contributed by atoms with E-state index in [-0.39, 0.29) is 21.7 Å². The minimum absolute atomic E-state index is 0.153. The molecule has 0 fully saturated rings. The van der Waals surface area contributed by atoms with Gasteiger partial charge in [0.05, 0.1) is 7.11 Å². The maximum absolute atomic E-state index is 11.7. The number of ketones is 1. The third kappa shape index (κ3) is 1.81. The maximum atomic E-state index is 11.7. The molecule has 17 heavy (non-hydrogen) atoms. The molecule has 2 rings (SSSR count). The van der Waals surface area contributed by atoms with Crippen molar-refractivity contribution in [3.63, 3.8) is 0 Å². The smallest absolute Gasteiger partial charge is 0.297 e. The number of allylic oxidation sites excluding steroid dienone is 1. The topological polar surface area (TPSA) is 84.3 Å². The maximum Gasteiger partial charge on any atom is 0.297 e. The van der Waals surface area contributed by atoms with Crippen LogP contribution in [0.1, 0.15) is 15.9 Å². The Kier molecular flexibility index (Phi) is 2.68. The largest absolute Gasteiger partial charge is 0.297 e. The van der Waals surface area contributed by atoms with Gasteiger partial charge in [-0.15, -0.1) is 0 Å². The zero-order chi connectivity index (χ0) is 12.6. The van der Waals surface area contributed by atoms with Gasteiger partial charge in [0, 0.05) is 11.1 Å². The summed E-state index contributed by atoms with van der Waals surface area (Å²) < 4.78 is 27.8. The van der Waals surface area contributed by atoms with Crippen molar-refractivity contribution in [1.82, 2.24) is 0 Å². The second kappa shape index (κ2) is 3.90. The minimum atomic E-state index is -3.92. The van der Waals surface area contributed by atoms with Gasteiger partial charge in [-0.05, 0) is 6.08 Å². The van der Waals surface area contributed by atoms with Crippen molar-refractivity contribution in [1.29, 1.82) is 5.41 Å². The molecule has 0 atom stereocenters.